The number of hydrogen-bond acceptors (Lipinski definition) is 3. The fourth-order valence-electron chi connectivity index (χ4n) is 2.67. The van der Waals surface area contributed by atoms with Gasteiger partial charge in [0.15, 0.2) is 0 Å². The Hall–Kier alpha value is -0.320. The summed E-state index contributed by atoms with van der Waals surface area (Å²) < 4.78 is 5.57. The quantitative estimate of drug-likeness (QED) is 0.853. The standard InChI is InChI=1S/C13H26N2O2.ClH/c1-9(14)7-11(16)15(5)10-8-13(4,17-6)12(10,2)3;/h9-10H,7-8,14H2,1-6H3;1H. The minimum Gasteiger partial charge on any atom is -0.378 e. The van der Waals surface area contributed by atoms with Crippen molar-refractivity contribution in [2.75, 3.05) is 14.2 Å². The van der Waals surface area contributed by atoms with Gasteiger partial charge in [0.1, 0.15) is 0 Å². The van der Waals surface area contributed by atoms with Crippen LogP contribution in [0.4, 0.5) is 0 Å². The molecule has 1 amide bonds. The van der Waals surface area contributed by atoms with E-state index in [2.05, 4.69) is 20.8 Å². The smallest absolute Gasteiger partial charge is 0.224 e. The molecule has 0 aromatic carbocycles. The number of amides is 1. The van der Waals surface area contributed by atoms with Crippen molar-refractivity contribution in [3.05, 3.63) is 0 Å². The topological polar surface area (TPSA) is 55.6 Å². The third-order valence-electron chi connectivity index (χ3n) is 4.59. The number of methoxy groups -OCH3 is 1. The largest absolute Gasteiger partial charge is 0.378 e. The molecule has 0 heterocycles. The predicted molar refractivity (Wildman–Crippen MR) is 75.9 cm³/mol. The van der Waals surface area contributed by atoms with Gasteiger partial charge >= 0.3 is 0 Å². The Kier molecular flexibility index (Phi) is 5.66. The maximum absolute atomic E-state index is 12.0. The van der Waals surface area contributed by atoms with E-state index >= 15 is 0 Å². The van der Waals surface area contributed by atoms with Gasteiger partial charge in [-0.15, -0.1) is 12.4 Å². The van der Waals surface area contributed by atoms with Crippen LogP contribution in [0.2, 0.25) is 0 Å². The molecule has 1 fully saturated rings. The lowest BCUT2D eigenvalue weighted by Gasteiger charge is -2.61. The lowest BCUT2D eigenvalue weighted by molar-refractivity contribution is -0.207. The molecule has 0 radical (unpaired) electrons. The molecule has 3 unspecified atom stereocenters. The van der Waals surface area contributed by atoms with Gasteiger partial charge in [0, 0.05) is 38.1 Å². The van der Waals surface area contributed by atoms with E-state index in [-0.39, 0.29) is 41.4 Å². The van der Waals surface area contributed by atoms with Crippen molar-refractivity contribution in [3.8, 4) is 0 Å². The monoisotopic (exact) mass is 278 g/mol. The molecule has 0 aliphatic heterocycles. The summed E-state index contributed by atoms with van der Waals surface area (Å²) in [7, 11) is 3.61. The van der Waals surface area contributed by atoms with Gasteiger partial charge in [-0.2, -0.15) is 0 Å². The Balaban J connectivity index is 0.00000289. The number of hydrogen-bond donors (Lipinski definition) is 1. The highest BCUT2D eigenvalue weighted by atomic mass is 35.5. The molecule has 0 bridgehead atoms. The molecule has 0 aromatic heterocycles. The first-order valence-corrected chi connectivity index (χ1v) is 6.22. The molecule has 4 nitrogen and oxygen atoms in total. The van der Waals surface area contributed by atoms with E-state index in [9.17, 15) is 4.79 Å². The zero-order valence-electron chi connectivity index (χ0n) is 12.3. The summed E-state index contributed by atoms with van der Waals surface area (Å²) >= 11 is 0. The zero-order valence-corrected chi connectivity index (χ0v) is 13.1. The SMILES string of the molecule is COC1(C)CC(N(C)C(=O)CC(C)N)C1(C)C.Cl. The number of carbonyl (C=O) groups is 1. The van der Waals surface area contributed by atoms with Crippen LogP contribution in [0.25, 0.3) is 0 Å². The second kappa shape index (κ2) is 5.76. The lowest BCUT2D eigenvalue weighted by atomic mass is 9.55. The van der Waals surface area contributed by atoms with E-state index in [1.807, 2.05) is 18.9 Å². The molecule has 1 saturated carbocycles. The predicted octanol–water partition coefficient (Wildman–Crippen LogP) is 1.81. The molecule has 0 saturated heterocycles. The van der Waals surface area contributed by atoms with Gasteiger partial charge in [0.2, 0.25) is 5.91 Å². The van der Waals surface area contributed by atoms with E-state index in [4.69, 9.17) is 10.5 Å². The first kappa shape index (κ1) is 17.7. The van der Waals surface area contributed by atoms with Crippen molar-refractivity contribution in [2.45, 2.75) is 58.2 Å². The Labute approximate surface area is 117 Å². The Morgan fingerprint density at radius 1 is 1.50 bits per heavy atom. The van der Waals surface area contributed by atoms with Gasteiger partial charge in [0.05, 0.1) is 5.60 Å². The average Bonchev–Trinajstić information content (AvgIpc) is 2.23. The summed E-state index contributed by atoms with van der Waals surface area (Å²) in [6.45, 7) is 8.27. The van der Waals surface area contributed by atoms with E-state index < -0.39 is 0 Å². The van der Waals surface area contributed by atoms with Crippen LogP contribution in [0.3, 0.4) is 0 Å². The minimum atomic E-state index is -0.138. The summed E-state index contributed by atoms with van der Waals surface area (Å²) in [5, 5.41) is 0. The third-order valence-corrected chi connectivity index (χ3v) is 4.59. The van der Waals surface area contributed by atoms with Crippen LogP contribution >= 0.6 is 12.4 Å². The third kappa shape index (κ3) is 2.81. The van der Waals surface area contributed by atoms with E-state index in [1.165, 1.54) is 0 Å². The van der Waals surface area contributed by atoms with Crippen LogP contribution in [-0.4, -0.2) is 42.6 Å². The van der Waals surface area contributed by atoms with Gasteiger partial charge < -0.3 is 15.4 Å². The molecule has 2 N–H and O–H groups in total. The molecule has 1 aliphatic carbocycles. The van der Waals surface area contributed by atoms with Crippen molar-refractivity contribution in [3.63, 3.8) is 0 Å². The normalized spacial score (nSPS) is 30.9. The fraction of sp³-hybridized carbons (Fsp3) is 0.923. The van der Waals surface area contributed by atoms with E-state index in [0.717, 1.165) is 6.42 Å². The molecule has 108 valence electrons. The average molecular weight is 279 g/mol. The highest BCUT2D eigenvalue weighted by molar-refractivity contribution is 5.85. The molecule has 1 aliphatic rings. The number of nitrogens with zero attached hydrogens (tertiary/aromatic N) is 1. The second-order valence-electron chi connectivity index (χ2n) is 6.06. The first-order valence-electron chi connectivity index (χ1n) is 6.22. The van der Waals surface area contributed by atoms with Crippen molar-refractivity contribution in [1.82, 2.24) is 4.90 Å². The van der Waals surface area contributed by atoms with Gasteiger partial charge in [-0.3, -0.25) is 4.79 Å². The zero-order chi connectivity index (χ0) is 13.4. The summed E-state index contributed by atoms with van der Waals surface area (Å²) in [6, 6.07) is 0.153. The number of halogens is 1. The van der Waals surface area contributed by atoms with Gasteiger partial charge in [-0.25, -0.2) is 0 Å². The van der Waals surface area contributed by atoms with Crippen LogP contribution in [-0.2, 0) is 9.53 Å². The van der Waals surface area contributed by atoms with E-state index in [0.29, 0.717) is 6.42 Å². The molecular formula is C13H27ClN2O2. The Morgan fingerprint density at radius 3 is 2.33 bits per heavy atom. The van der Waals surface area contributed by atoms with Crippen molar-refractivity contribution in [1.29, 1.82) is 0 Å². The van der Waals surface area contributed by atoms with Gasteiger partial charge in [-0.1, -0.05) is 13.8 Å². The summed E-state index contributed by atoms with van der Waals surface area (Å²) in [4.78, 5) is 13.8. The summed E-state index contributed by atoms with van der Waals surface area (Å²) in [5.74, 6) is 0.122. The molecule has 0 spiro atoms. The maximum Gasteiger partial charge on any atom is 0.224 e. The van der Waals surface area contributed by atoms with Crippen LogP contribution in [0, 0.1) is 5.41 Å². The second-order valence-corrected chi connectivity index (χ2v) is 6.06. The number of carbonyl (C=O) groups excluding carboxylic acids is 1. The molecule has 0 aromatic rings. The molecule has 3 atom stereocenters. The molecule has 5 heteroatoms. The van der Waals surface area contributed by atoms with Crippen LogP contribution in [0.15, 0.2) is 0 Å². The highest BCUT2D eigenvalue weighted by Crippen LogP contribution is 2.53. The van der Waals surface area contributed by atoms with Crippen molar-refractivity contribution < 1.29 is 9.53 Å². The van der Waals surface area contributed by atoms with Crippen LogP contribution in [0.5, 0.6) is 0 Å². The van der Waals surface area contributed by atoms with Gasteiger partial charge in [-0.05, 0) is 20.3 Å². The van der Waals surface area contributed by atoms with Crippen LogP contribution in [0.1, 0.15) is 40.5 Å². The highest BCUT2D eigenvalue weighted by Gasteiger charge is 2.59. The summed E-state index contributed by atoms with van der Waals surface area (Å²) in [5.41, 5.74) is 5.50. The molecule has 1 rings (SSSR count). The molecule has 18 heavy (non-hydrogen) atoms. The van der Waals surface area contributed by atoms with Crippen molar-refractivity contribution >= 4 is 18.3 Å². The molecular weight excluding hydrogens is 252 g/mol. The van der Waals surface area contributed by atoms with Gasteiger partial charge in [0.25, 0.3) is 0 Å². The van der Waals surface area contributed by atoms with Crippen LogP contribution < -0.4 is 5.73 Å². The van der Waals surface area contributed by atoms with Crippen molar-refractivity contribution in [2.24, 2.45) is 11.1 Å². The number of ether oxygens (including phenoxy) is 1. The maximum atomic E-state index is 12.0. The number of rotatable bonds is 4. The summed E-state index contributed by atoms with van der Waals surface area (Å²) in [6.07, 6.45) is 1.30. The minimum absolute atomic E-state index is 0. The Bertz CT molecular complexity index is 307. The Morgan fingerprint density at radius 2 is 2.00 bits per heavy atom. The fourth-order valence-corrected chi connectivity index (χ4v) is 2.67. The van der Waals surface area contributed by atoms with E-state index in [1.54, 1.807) is 7.11 Å². The lowest BCUT2D eigenvalue weighted by Crippen LogP contribution is -2.68. The number of nitrogens with two attached hydrogens (primary N) is 1. The first-order chi connectivity index (χ1) is 7.65.